The van der Waals surface area contributed by atoms with Gasteiger partial charge in [0, 0.05) is 24.3 Å². The number of hydrogen-bond acceptors (Lipinski definition) is 4. The summed E-state index contributed by atoms with van der Waals surface area (Å²) < 4.78 is 32.5. The van der Waals surface area contributed by atoms with Crippen molar-refractivity contribution < 1.29 is 23.5 Å². The first-order valence-electron chi connectivity index (χ1n) is 11.3. The molecule has 164 valence electrons. The third-order valence-corrected chi connectivity index (χ3v) is 9.89. The summed E-state index contributed by atoms with van der Waals surface area (Å²) in [6.07, 6.45) is 2.44. The number of nitrogens with one attached hydrogen (secondary N) is 1. The molecule has 0 aromatic rings. The van der Waals surface area contributed by atoms with Crippen molar-refractivity contribution in [1.29, 1.82) is 0 Å². The molecular weight excluding hydrogens is 388 g/mol. The third-order valence-electron chi connectivity index (χ3n) is 9.89. The van der Waals surface area contributed by atoms with Crippen LogP contribution in [0.5, 0.6) is 0 Å². The number of ketones is 2. The van der Waals surface area contributed by atoms with Gasteiger partial charge >= 0.3 is 0 Å². The molecule has 0 aromatic carbocycles. The van der Waals surface area contributed by atoms with Crippen LogP contribution in [-0.4, -0.2) is 47.7 Å². The van der Waals surface area contributed by atoms with Gasteiger partial charge in [-0.25, -0.2) is 8.78 Å². The molecule has 0 aromatic heterocycles. The van der Waals surface area contributed by atoms with Crippen molar-refractivity contribution in [2.24, 2.45) is 34.0 Å². The van der Waals surface area contributed by atoms with Gasteiger partial charge in [0.2, 0.25) is 0 Å². The summed E-state index contributed by atoms with van der Waals surface area (Å²) in [6, 6.07) is 0. The molecule has 5 aliphatic rings. The molecule has 6 heteroatoms. The summed E-state index contributed by atoms with van der Waals surface area (Å²) in [4.78, 5) is 25.2. The average Bonchev–Trinajstić information content (AvgIpc) is 3.23. The van der Waals surface area contributed by atoms with Gasteiger partial charge in [0.15, 0.2) is 11.5 Å². The Morgan fingerprint density at radius 2 is 2.03 bits per heavy atom. The highest BCUT2D eigenvalue weighted by Gasteiger charge is 2.77. The lowest BCUT2D eigenvalue weighted by molar-refractivity contribution is -0.210. The van der Waals surface area contributed by atoms with E-state index in [1.807, 2.05) is 13.8 Å². The van der Waals surface area contributed by atoms with E-state index in [9.17, 15) is 14.7 Å². The molecule has 4 aliphatic carbocycles. The summed E-state index contributed by atoms with van der Waals surface area (Å²) in [5, 5.41) is 14.7. The number of Topliss-reactive ketones (excluding diaryl/α,β-unsaturated/α-hetero) is 1. The molecule has 1 aliphatic heterocycles. The largest absolute Gasteiger partial charge is 0.390 e. The minimum atomic E-state index is -2.06. The quantitative estimate of drug-likeness (QED) is 0.722. The number of alkyl halides is 2. The van der Waals surface area contributed by atoms with E-state index in [0.29, 0.717) is 25.9 Å². The molecule has 1 heterocycles. The Labute approximate surface area is 176 Å². The maximum Gasteiger partial charge on any atom is 0.178 e. The van der Waals surface area contributed by atoms with E-state index in [1.165, 1.54) is 18.2 Å². The van der Waals surface area contributed by atoms with Gasteiger partial charge in [-0.05, 0) is 67.7 Å². The minimum absolute atomic E-state index is 0.0487. The van der Waals surface area contributed by atoms with Crippen molar-refractivity contribution in [2.45, 2.75) is 64.4 Å². The number of rotatable bonds is 2. The summed E-state index contributed by atoms with van der Waals surface area (Å²) in [5.74, 6) is -0.967. The molecule has 4 nitrogen and oxygen atoms in total. The van der Waals surface area contributed by atoms with Crippen LogP contribution in [0.1, 0.15) is 46.5 Å². The van der Waals surface area contributed by atoms with E-state index < -0.39 is 40.1 Å². The predicted octanol–water partition coefficient (Wildman–Crippen LogP) is 3.10. The van der Waals surface area contributed by atoms with Crippen LogP contribution in [-0.2, 0) is 9.59 Å². The van der Waals surface area contributed by atoms with E-state index in [4.69, 9.17) is 0 Å². The Morgan fingerprint density at radius 3 is 2.73 bits per heavy atom. The molecule has 3 saturated carbocycles. The SMILES string of the molecule is CCC(=O)[C@@]12CNC[C@@H]1C[C@H]1[C@@H]3C[C@H](F)C4=CC(=O)C=C[C@]4(C)[C@@]3(F)[C@@H](O)C[C@@]12C. The highest BCUT2D eigenvalue weighted by Crippen LogP contribution is 2.73. The Bertz CT molecular complexity index is 886. The van der Waals surface area contributed by atoms with Crippen molar-refractivity contribution >= 4 is 11.6 Å². The lowest BCUT2D eigenvalue weighted by atomic mass is 9.43. The molecule has 1 saturated heterocycles. The predicted molar refractivity (Wildman–Crippen MR) is 108 cm³/mol. The van der Waals surface area contributed by atoms with Crippen molar-refractivity contribution in [3.05, 3.63) is 23.8 Å². The molecule has 2 N–H and O–H groups in total. The molecule has 9 atom stereocenters. The highest BCUT2D eigenvalue weighted by atomic mass is 19.1. The molecule has 0 unspecified atom stereocenters. The second kappa shape index (κ2) is 6.10. The fraction of sp³-hybridized carbons (Fsp3) is 0.750. The molecule has 0 bridgehead atoms. The normalized spacial score (nSPS) is 54.1. The van der Waals surface area contributed by atoms with E-state index in [1.54, 1.807) is 6.92 Å². The van der Waals surface area contributed by atoms with E-state index >= 15 is 8.78 Å². The number of carbonyl (C=O) groups excluding carboxylic acids is 2. The lowest BCUT2D eigenvalue weighted by Crippen LogP contribution is -2.69. The van der Waals surface area contributed by atoms with Crippen molar-refractivity contribution in [2.75, 3.05) is 13.1 Å². The Morgan fingerprint density at radius 1 is 1.30 bits per heavy atom. The lowest BCUT2D eigenvalue weighted by Gasteiger charge is -2.63. The zero-order chi connectivity index (χ0) is 21.7. The van der Waals surface area contributed by atoms with Gasteiger partial charge in [0.25, 0.3) is 0 Å². The van der Waals surface area contributed by atoms with Gasteiger partial charge in [0.05, 0.1) is 11.5 Å². The highest BCUT2D eigenvalue weighted by molar-refractivity contribution is 6.01. The number of aliphatic hydroxyl groups excluding tert-OH is 1. The Hall–Kier alpha value is -1.40. The van der Waals surface area contributed by atoms with Crippen LogP contribution in [0.3, 0.4) is 0 Å². The van der Waals surface area contributed by atoms with E-state index in [-0.39, 0.29) is 41.8 Å². The second-order valence-electron chi connectivity index (χ2n) is 10.7. The zero-order valence-corrected chi connectivity index (χ0v) is 17.9. The molecule has 0 amide bonds. The number of fused-ring (bicyclic) bond motifs is 7. The second-order valence-corrected chi connectivity index (χ2v) is 10.7. The fourth-order valence-electron chi connectivity index (χ4n) is 8.48. The summed E-state index contributed by atoms with van der Waals surface area (Å²) in [7, 11) is 0. The minimum Gasteiger partial charge on any atom is -0.390 e. The van der Waals surface area contributed by atoms with Gasteiger partial charge in [-0.1, -0.05) is 19.9 Å². The van der Waals surface area contributed by atoms with Crippen LogP contribution >= 0.6 is 0 Å². The maximum atomic E-state index is 17.1. The van der Waals surface area contributed by atoms with Gasteiger partial charge in [-0.15, -0.1) is 0 Å². The average molecular weight is 420 g/mol. The van der Waals surface area contributed by atoms with E-state index in [2.05, 4.69) is 5.32 Å². The standard InChI is InChI=1S/C24H31F2NO3/c1-4-19(29)23-12-27-11-13(23)7-15-16-9-18(25)17-8-14(28)5-6-21(17,2)24(16,26)20(30)10-22(15,23)3/h5-6,8,13,15-16,18,20,27,30H,4,7,9-12H2,1-3H3/t13-,15-,16-,18-,20-,21-,22-,23+,24-/m0/s1. The van der Waals surface area contributed by atoms with Gasteiger partial charge in [-0.2, -0.15) is 0 Å². The smallest absolute Gasteiger partial charge is 0.178 e. The van der Waals surface area contributed by atoms with Crippen LogP contribution in [0, 0.1) is 34.0 Å². The molecule has 0 radical (unpaired) electrons. The van der Waals surface area contributed by atoms with Gasteiger partial charge < -0.3 is 10.4 Å². The number of halogens is 2. The number of hydrogen-bond donors (Lipinski definition) is 2. The summed E-state index contributed by atoms with van der Waals surface area (Å²) >= 11 is 0. The van der Waals surface area contributed by atoms with Crippen LogP contribution in [0.15, 0.2) is 23.8 Å². The maximum absolute atomic E-state index is 17.1. The fourth-order valence-corrected chi connectivity index (χ4v) is 8.48. The van der Waals surface area contributed by atoms with Gasteiger partial charge in [-0.3, -0.25) is 9.59 Å². The van der Waals surface area contributed by atoms with Crippen molar-refractivity contribution in [3.63, 3.8) is 0 Å². The summed E-state index contributed by atoms with van der Waals surface area (Å²) in [6.45, 7) is 6.77. The van der Waals surface area contributed by atoms with Crippen LogP contribution in [0.2, 0.25) is 0 Å². The van der Waals surface area contributed by atoms with Crippen molar-refractivity contribution in [1.82, 2.24) is 5.32 Å². The van der Waals surface area contributed by atoms with E-state index in [0.717, 1.165) is 0 Å². The first kappa shape index (κ1) is 20.5. The monoisotopic (exact) mass is 419 g/mol. The number of allylic oxidation sites excluding steroid dienone is 4. The third kappa shape index (κ3) is 2.03. The molecule has 5 rings (SSSR count). The topological polar surface area (TPSA) is 66.4 Å². The molecular formula is C24H31F2NO3. The first-order chi connectivity index (χ1) is 14.1. The van der Waals surface area contributed by atoms with Crippen LogP contribution in [0.25, 0.3) is 0 Å². The van der Waals surface area contributed by atoms with Gasteiger partial charge in [0.1, 0.15) is 12.0 Å². The molecule has 30 heavy (non-hydrogen) atoms. The van der Waals surface area contributed by atoms with Crippen LogP contribution in [0.4, 0.5) is 8.78 Å². The van der Waals surface area contributed by atoms with Crippen LogP contribution < -0.4 is 5.32 Å². The Balaban J connectivity index is 1.66. The summed E-state index contributed by atoms with van der Waals surface area (Å²) in [5.41, 5.74) is -4.49. The molecule has 0 spiro atoms. The molecule has 4 fully saturated rings. The van der Waals surface area contributed by atoms with Crippen molar-refractivity contribution in [3.8, 4) is 0 Å². The number of aliphatic hydroxyl groups is 1. The Kier molecular flexibility index (Phi) is 4.17. The number of carbonyl (C=O) groups is 2. The zero-order valence-electron chi connectivity index (χ0n) is 17.9. The first-order valence-corrected chi connectivity index (χ1v) is 11.3.